The van der Waals surface area contributed by atoms with Gasteiger partial charge in [-0.05, 0) is 63.3 Å². The summed E-state index contributed by atoms with van der Waals surface area (Å²) in [5, 5.41) is 16.4. The first-order valence-electron chi connectivity index (χ1n) is 8.45. The molecule has 2 atom stereocenters. The average molecular weight is 314 g/mol. The summed E-state index contributed by atoms with van der Waals surface area (Å²) in [4.78, 5) is 6.14. The van der Waals surface area contributed by atoms with Gasteiger partial charge in [-0.2, -0.15) is 4.80 Å². The van der Waals surface area contributed by atoms with Gasteiger partial charge in [-0.25, -0.2) is 0 Å². The van der Waals surface area contributed by atoms with Crippen molar-refractivity contribution >= 4 is 0 Å². The number of pyridine rings is 1. The highest BCUT2D eigenvalue weighted by Gasteiger charge is 2.27. The molecule has 0 bridgehead atoms. The third-order valence-corrected chi connectivity index (χ3v) is 4.43. The van der Waals surface area contributed by atoms with E-state index in [9.17, 15) is 0 Å². The van der Waals surface area contributed by atoms with Gasteiger partial charge in [-0.1, -0.05) is 12.5 Å². The van der Waals surface area contributed by atoms with Gasteiger partial charge in [0.25, 0.3) is 0 Å². The van der Waals surface area contributed by atoms with E-state index < -0.39 is 0 Å². The Morgan fingerprint density at radius 3 is 2.83 bits per heavy atom. The van der Waals surface area contributed by atoms with Crippen LogP contribution in [0.15, 0.2) is 24.4 Å². The average Bonchev–Trinajstić information content (AvgIpc) is 3.15. The second-order valence-electron chi connectivity index (χ2n) is 7.37. The summed E-state index contributed by atoms with van der Waals surface area (Å²) in [5.74, 6) is 1.41. The van der Waals surface area contributed by atoms with E-state index in [0.29, 0.717) is 18.5 Å². The van der Waals surface area contributed by atoms with Crippen LogP contribution in [0.5, 0.6) is 0 Å². The summed E-state index contributed by atoms with van der Waals surface area (Å²) < 4.78 is 0. The molecule has 2 aromatic heterocycles. The molecule has 1 fully saturated rings. The third-order valence-electron chi connectivity index (χ3n) is 4.43. The van der Waals surface area contributed by atoms with E-state index in [1.165, 1.54) is 25.0 Å². The van der Waals surface area contributed by atoms with Crippen LogP contribution in [0.25, 0.3) is 0 Å². The number of nitrogens with zero attached hydrogens (tertiary/aromatic N) is 5. The lowest BCUT2D eigenvalue weighted by Gasteiger charge is -2.20. The molecule has 0 spiro atoms. The summed E-state index contributed by atoms with van der Waals surface area (Å²) >= 11 is 0. The maximum atomic E-state index is 4.47. The fourth-order valence-corrected chi connectivity index (χ4v) is 3.16. The Hall–Kier alpha value is -1.82. The number of aromatic nitrogens is 5. The van der Waals surface area contributed by atoms with Crippen molar-refractivity contribution in [2.75, 3.05) is 0 Å². The topological polar surface area (TPSA) is 68.5 Å². The van der Waals surface area contributed by atoms with Crippen LogP contribution >= 0.6 is 0 Å². The smallest absolute Gasteiger partial charge is 0.188 e. The Bertz CT molecular complexity index is 616. The lowest BCUT2D eigenvalue weighted by atomic mass is 9.97. The zero-order valence-corrected chi connectivity index (χ0v) is 14.2. The van der Waals surface area contributed by atoms with Gasteiger partial charge in [-0.15, -0.1) is 10.2 Å². The fourth-order valence-electron chi connectivity index (χ4n) is 3.16. The lowest BCUT2D eigenvalue weighted by molar-refractivity contribution is 0.304. The molecule has 6 nitrogen and oxygen atoms in total. The van der Waals surface area contributed by atoms with Crippen LogP contribution < -0.4 is 5.32 Å². The quantitative estimate of drug-likeness (QED) is 0.917. The summed E-state index contributed by atoms with van der Waals surface area (Å²) in [6.45, 7) is 6.91. The molecular weight excluding hydrogens is 288 g/mol. The van der Waals surface area contributed by atoms with E-state index in [1.807, 2.05) is 12.3 Å². The van der Waals surface area contributed by atoms with Gasteiger partial charge in [0.05, 0.1) is 12.1 Å². The van der Waals surface area contributed by atoms with Crippen LogP contribution in [0.2, 0.25) is 0 Å². The van der Waals surface area contributed by atoms with E-state index >= 15 is 0 Å². The van der Waals surface area contributed by atoms with Gasteiger partial charge in [-0.3, -0.25) is 4.98 Å². The van der Waals surface area contributed by atoms with Crippen molar-refractivity contribution in [3.05, 3.63) is 35.9 Å². The van der Waals surface area contributed by atoms with Crippen molar-refractivity contribution < 1.29 is 0 Å². The first-order chi connectivity index (χ1) is 11.0. The summed E-state index contributed by atoms with van der Waals surface area (Å²) in [6.07, 6.45) is 6.67. The van der Waals surface area contributed by atoms with Crippen molar-refractivity contribution in [3.63, 3.8) is 0 Å². The maximum absolute atomic E-state index is 4.47. The zero-order valence-electron chi connectivity index (χ0n) is 14.2. The number of nitrogens with one attached hydrogen (secondary N) is 1. The predicted octanol–water partition coefficient (Wildman–Crippen LogP) is 2.32. The Morgan fingerprint density at radius 1 is 1.26 bits per heavy atom. The Kier molecular flexibility index (Phi) is 4.71. The zero-order chi connectivity index (χ0) is 16.3. The summed E-state index contributed by atoms with van der Waals surface area (Å²) in [6, 6.07) is 6.66. The highest BCUT2D eigenvalue weighted by atomic mass is 15.6. The number of rotatable bonds is 5. The van der Waals surface area contributed by atoms with Gasteiger partial charge in [0, 0.05) is 17.9 Å². The maximum Gasteiger partial charge on any atom is 0.188 e. The van der Waals surface area contributed by atoms with Crippen molar-refractivity contribution in [2.24, 2.45) is 5.92 Å². The molecule has 1 N–H and O–H groups in total. The molecule has 23 heavy (non-hydrogen) atoms. The van der Waals surface area contributed by atoms with Crippen molar-refractivity contribution in [3.8, 4) is 0 Å². The van der Waals surface area contributed by atoms with Gasteiger partial charge in [0.15, 0.2) is 5.82 Å². The molecule has 0 radical (unpaired) electrons. The first-order valence-corrected chi connectivity index (χ1v) is 8.45. The fraction of sp³-hybridized carbons (Fsp3) is 0.647. The summed E-state index contributed by atoms with van der Waals surface area (Å²) in [7, 11) is 0. The van der Waals surface area contributed by atoms with Crippen LogP contribution in [-0.4, -0.2) is 31.2 Å². The third kappa shape index (κ3) is 4.13. The van der Waals surface area contributed by atoms with E-state index in [4.69, 9.17) is 0 Å². The molecule has 6 heteroatoms. The molecule has 1 aliphatic carbocycles. The minimum absolute atomic E-state index is 0.125. The standard InChI is InChI=1S/C17H26N6/c1-17(2,3)23-21-16(20-22-23)12-19-15-9-6-7-13(15)11-14-8-4-5-10-18-14/h4-5,8,10,13,15,19H,6-7,9,11-12H2,1-3H3. The van der Waals surface area contributed by atoms with E-state index in [0.717, 1.165) is 12.2 Å². The molecule has 0 aromatic carbocycles. The van der Waals surface area contributed by atoms with Crippen LogP contribution in [0, 0.1) is 5.92 Å². The lowest BCUT2D eigenvalue weighted by Crippen LogP contribution is -2.33. The number of hydrogen-bond acceptors (Lipinski definition) is 5. The second kappa shape index (κ2) is 6.74. The minimum Gasteiger partial charge on any atom is -0.307 e. The van der Waals surface area contributed by atoms with E-state index in [2.05, 4.69) is 58.6 Å². The Labute approximate surface area is 137 Å². The second-order valence-corrected chi connectivity index (χ2v) is 7.37. The van der Waals surface area contributed by atoms with Gasteiger partial charge in [0.2, 0.25) is 0 Å². The Morgan fingerprint density at radius 2 is 2.13 bits per heavy atom. The van der Waals surface area contributed by atoms with Gasteiger partial charge < -0.3 is 5.32 Å². The van der Waals surface area contributed by atoms with Crippen LogP contribution in [0.3, 0.4) is 0 Å². The molecule has 2 aromatic rings. The van der Waals surface area contributed by atoms with Crippen LogP contribution in [0.4, 0.5) is 0 Å². The first kappa shape index (κ1) is 16.1. The summed E-state index contributed by atoms with van der Waals surface area (Å²) in [5.41, 5.74) is 1.06. The van der Waals surface area contributed by atoms with Crippen molar-refractivity contribution in [2.45, 2.75) is 64.6 Å². The molecule has 2 heterocycles. The van der Waals surface area contributed by atoms with Crippen LogP contribution in [-0.2, 0) is 18.5 Å². The van der Waals surface area contributed by atoms with Crippen molar-refractivity contribution in [1.29, 1.82) is 0 Å². The predicted molar refractivity (Wildman–Crippen MR) is 88.7 cm³/mol. The van der Waals surface area contributed by atoms with Gasteiger partial charge in [0.1, 0.15) is 0 Å². The normalized spacial score (nSPS) is 21.7. The van der Waals surface area contributed by atoms with E-state index in [1.54, 1.807) is 4.80 Å². The molecule has 1 aliphatic rings. The molecule has 0 amide bonds. The largest absolute Gasteiger partial charge is 0.307 e. The minimum atomic E-state index is -0.125. The van der Waals surface area contributed by atoms with Crippen molar-refractivity contribution in [1.82, 2.24) is 30.5 Å². The molecule has 3 rings (SSSR count). The van der Waals surface area contributed by atoms with Crippen LogP contribution in [0.1, 0.15) is 51.6 Å². The molecule has 0 aliphatic heterocycles. The monoisotopic (exact) mass is 314 g/mol. The molecule has 2 unspecified atom stereocenters. The van der Waals surface area contributed by atoms with Gasteiger partial charge >= 0.3 is 0 Å². The molecule has 0 saturated heterocycles. The molecular formula is C17H26N6. The SMILES string of the molecule is CC(C)(C)n1nnc(CNC2CCCC2Cc2ccccn2)n1. The Balaban J connectivity index is 1.56. The molecule has 124 valence electrons. The number of hydrogen-bond donors (Lipinski definition) is 1. The highest BCUT2D eigenvalue weighted by molar-refractivity contribution is 5.06. The highest BCUT2D eigenvalue weighted by Crippen LogP contribution is 2.28. The molecule has 1 saturated carbocycles. The van der Waals surface area contributed by atoms with E-state index in [-0.39, 0.29) is 5.54 Å². The number of tetrazole rings is 1.